The molecule has 0 bridgehead atoms. The molecule has 0 aromatic heterocycles. The Balaban J connectivity index is 3.57. The molecule has 72 valence electrons. The van der Waals surface area contributed by atoms with Crippen LogP contribution < -0.4 is 0 Å². The van der Waals surface area contributed by atoms with E-state index in [0.717, 1.165) is 0 Å². The summed E-state index contributed by atoms with van der Waals surface area (Å²) in [5.74, 6) is -0.0993. The van der Waals surface area contributed by atoms with E-state index in [2.05, 4.69) is 0 Å². The highest BCUT2D eigenvalue weighted by Crippen LogP contribution is 1.90. The van der Waals surface area contributed by atoms with Crippen LogP contribution in [0, 0.1) is 0 Å². The van der Waals surface area contributed by atoms with Crippen molar-refractivity contribution < 1.29 is 14.6 Å². The Morgan fingerprint density at radius 3 is 2.58 bits per heavy atom. The van der Waals surface area contributed by atoms with E-state index in [0.29, 0.717) is 6.54 Å². The Morgan fingerprint density at radius 1 is 1.58 bits per heavy atom. The van der Waals surface area contributed by atoms with Crippen molar-refractivity contribution in [2.75, 3.05) is 26.8 Å². The lowest BCUT2D eigenvalue weighted by Crippen LogP contribution is -2.33. The number of likely N-dealkylation sites (N-methyl/N-ethyl adjacent to an activating group) is 1. The van der Waals surface area contributed by atoms with Crippen molar-refractivity contribution in [3.63, 3.8) is 0 Å². The van der Waals surface area contributed by atoms with Gasteiger partial charge in [-0.25, -0.2) is 0 Å². The van der Waals surface area contributed by atoms with Crippen molar-refractivity contribution in [3.8, 4) is 0 Å². The molecule has 1 N–H and O–H groups in total. The standard InChI is InChI=1S/C8H17NO3/c1-7(2)12-6-8(11)9(3)4-5-10/h7,10H,4-6H2,1-3H3. The van der Waals surface area contributed by atoms with E-state index in [1.165, 1.54) is 4.90 Å². The van der Waals surface area contributed by atoms with Crippen LogP contribution in [0.25, 0.3) is 0 Å². The van der Waals surface area contributed by atoms with Gasteiger partial charge in [-0.2, -0.15) is 0 Å². The smallest absolute Gasteiger partial charge is 0.248 e. The summed E-state index contributed by atoms with van der Waals surface area (Å²) in [5.41, 5.74) is 0. The fourth-order valence-corrected chi connectivity index (χ4v) is 0.623. The number of hydrogen-bond donors (Lipinski definition) is 1. The number of aliphatic hydroxyl groups excluding tert-OH is 1. The van der Waals surface area contributed by atoms with Crippen LogP contribution in [0.15, 0.2) is 0 Å². The SMILES string of the molecule is CC(C)OCC(=O)N(C)CCO. The molecule has 0 aromatic carbocycles. The summed E-state index contributed by atoms with van der Waals surface area (Å²) in [7, 11) is 1.64. The summed E-state index contributed by atoms with van der Waals surface area (Å²) in [5, 5.41) is 8.53. The molecule has 0 aliphatic carbocycles. The third-order valence-electron chi connectivity index (χ3n) is 1.40. The zero-order valence-electron chi connectivity index (χ0n) is 7.91. The summed E-state index contributed by atoms with van der Waals surface area (Å²) in [4.78, 5) is 12.6. The molecule has 4 nitrogen and oxygen atoms in total. The average Bonchev–Trinajstić information content (AvgIpc) is 2.00. The van der Waals surface area contributed by atoms with Gasteiger partial charge in [0.2, 0.25) is 5.91 Å². The minimum atomic E-state index is -0.0993. The van der Waals surface area contributed by atoms with Crippen molar-refractivity contribution in [1.82, 2.24) is 4.90 Å². The fourth-order valence-electron chi connectivity index (χ4n) is 0.623. The van der Waals surface area contributed by atoms with Gasteiger partial charge in [-0.3, -0.25) is 4.79 Å². The van der Waals surface area contributed by atoms with Crippen LogP contribution in [0.2, 0.25) is 0 Å². The van der Waals surface area contributed by atoms with Gasteiger partial charge >= 0.3 is 0 Å². The Labute approximate surface area is 73.1 Å². The van der Waals surface area contributed by atoms with Gasteiger partial charge in [0.05, 0.1) is 12.7 Å². The molecule has 0 heterocycles. The number of ether oxygens (including phenoxy) is 1. The molecule has 0 aromatic rings. The summed E-state index contributed by atoms with van der Waals surface area (Å²) in [6, 6.07) is 0. The minimum absolute atomic E-state index is 0.0100. The highest BCUT2D eigenvalue weighted by molar-refractivity contribution is 5.77. The summed E-state index contributed by atoms with van der Waals surface area (Å²) >= 11 is 0. The second kappa shape index (κ2) is 5.97. The third-order valence-corrected chi connectivity index (χ3v) is 1.40. The molecule has 4 heteroatoms. The van der Waals surface area contributed by atoms with Crippen LogP contribution in [0.1, 0.15) is 13.8 Å². The van der Waals surface area contributed by atoms with E-state index in [4.69, 9.17) is 9.84 Å². The number of amides is 1. The zero-order valence-corrected chi connectivity index (χ0v) is 7.91. The Bertz CT molecular complexity index is 136. The van der Waals surface area contributed by atoms with Crippen molar-refractivity contribution in [3.05, 3.63) is 0 Å². The molecular formula is C8H17NO3. The Hall–Kier alpha value is -0.610. The molecule has 0 spiro atoms. The van der Waals surface area contributed by atoms with Crippen LogP contribution >= 0.6 is 0 Å². The van der Waals surface area contributed by atoms with E-state index in [1.54, 1.807) is 7.05 Å². The monoisotopic (exact) mass is 175 g/mol. The average molecular weight is 175 g/mol. The van der Waals surface area contributed by atoms with E-state index < -0.39 is 0 Å². The number of nitrogens with zero attached hydrogens (tertiary/aromatic N) is 1. The molecule has 12 heavy (non-hydrogen) atoms. The molecule has 0 aliphatic heterocycles. The van der Waals surface area contributed by atoms with E-state index in [9.17, 15) is 4.79 Å². The normalized spacial score (nSPS) is 10.4. The van der Waals surface area contributed by atoms with Crippen LogP contribution in [0.3, 0.4) is 0 Å². The molecule has 0 atom stereocenters. The molecule has 0 radical (unpaired) electrons. The van der Waals surface area contributed by atoms with Crippen LogP contribution in [0.5, 0.6) is 0 Å². The molecule has 0 unspecified atom stereocenters. The van der Waals surface area contributed by atoms with E-state index in [1.807, 2.05) is 13.8 Å². The van der Waals surface area contributed by atoms with Crippen LogP contribution in [-0.4, -0.2) is 48.8 Å². The predicted molar refractivity (Wildman–Crippen MR) is 45.8 cm³/mol. The fraction of sp³-hybridized carbons (Fsp3) is 0.875. The lowest BCUT2D eigenvalue weighted by atomic mass is 10.4. The maximum atomic E-state index is 11.1. The summed E-state index contributed by atoms with van der Waals surface area (Å²) < 4.78 is 5.10. The van der Waals surface area contributed by atoms with Crippen molar-refractivity contribution in [2.45, 2.75) is 20.0 Å². The van der Waals surface area contributed by atoms with Crippen molar-refractivity contribution >= 4 is 5.91 Å². The highest BCUT2D eigenvalue weighted by Gasteiger charge is 2.08. The number of carbonyl (C=O) groups is 1. The number of hydrogen-bond acceptors (Lipinski definition) is 3. The zero-order chi connectivity index (χ0) is 9.56. The first-order valence-electron chi connectivity index (χ1n) is 4.04. The first-order chi connectivity index (χ1) is 5.57. The maximum absolute atomic E-state index is 11.1. The molecule has 0 fully saturated rings. The molecular weight excluding hydrogens is 158 g/mol. The van der Waals surface area contributed by atoms with E-state index >= 15 is 0 Å². The topological polar surface area (TPSA) is 49.8 Å². The van der Waals surface area contributed by atoms with Gasteiger partial charge in [0, 0.05) is 13.6 Å². The Kier molecular flexibility index (Phi) is 5.66. The summed E-state index contributed by atoms with van der Waals surface area (Å²) in [6.07, 6.45) is 0.0662. The van der Waals surface area contributed by atoms with Crippen molar-refractivity contribution in [2.24, 2.45) is 0 Å². The summed E-state index contributed by atoms with van der Waals surface area (Å²) in [6.45, 7) is 4.19. The maximum Gasteiger partial charge on any atom is 0.248 e. The highest BCUT2D eigenvalue weighted by atomic mass is 16.5. The largest absolute Gasteiger partial charge is 0.395 e. The van der Waals surface area contributed by atoms with Gasteiger partial charge in [0.1, 0.15) is 6.61 Å². The van der Waals surface area contributed by atoms with Crippen LogP contribution in [0.4, 0.5) is 0 Å². The minimum Gasteiger partial charge on any atom is -0.395 e. The van der Waals surface area contributed by atoms with Crippen LogP contribution in [-0.2, 0) is 9.53 Å². The Morgan fingerprint density at radius 2 is 2.17 bits per heavy atom. The van der Waals surface area contributed by atoms with E-state index in [-0.39, 0.29) is 25.2 Å². The molecule has 0 saturated heterocycles. The second-order valence-corrected chi connectivity index (χ2v) is 2.90. The quantitative estimate of drug-likeness (QED) is 0.633. The van der Waals surface area contributed by atoms with Crippen molar-refractivity contribution in [1.29, 1.82) is 0 Å². The predicted octanol–water partition coefficient (Wildman–Crippen LogP) is -0.138. The first kappa shape index (κ1) is 11.4. The molecule has 0 saturated carbocycles. The van der Waals surface area contributed by atoms with Gasteiger partial charge in [-0.15, -0.1) is 0 Å². The number of rotatable bonds is 5. The number of carbonyl (C=O) groups excluding carboxylic acids is 1. The first-order valence-corrected chi connectivity index (χ1v) is 4.04. The third kappa shape index (κ3) is 5.09. The number of aliphatic hydroxyl groups is 1. The van der Waals surface area contributed by atoms with Gasteiger partial charge in [-0.1, -0.05) is 0 Å². The lowest BCUT2D eigenvalue weighted by Gasteiger charge is -2.16. The van der Waals surface area contributed by atoms with Gasteiger partial charge in [0.15, 0.2) is 0 Å². The molecule has 1 amide bonds. The second-order valence-electron chi connectivity index (χ2n) is 2.90. The van der Waals surface area contributed by atoms with Gasteiger partial charge in [0.25, 0.3) is 0 Å². The van der Waals surface area contributed by atoms with Gasteiger partial charge < -0.3 is 14.7 Å². The van der Waals surface area contributed by atoms with Gasteiger partial charge in [-0.05, 0) is 13.8 Å². The molecule has 0 rings (SSSR count). The molecule has 0 aliphatic rings. The lowest BCUT2D eigenvalue weighted by molar-refractivity contribution is -0.136.